The lowest BCUT2D eigenvalue weighted by Crippen LogP contribution is -2.31. The monoisotopic (exact) mass is 404 g/mol. The maximum atomic E-state index is 13.4. The highest BCUT2D eigenvalue weighted by Crippen LogP contribution is 2.30. The van der Waals surface area contributed by atoms with Crippen LogP contribution in [0.1, 0.15) is 31.2 Å². The van der Waals surface area contributed by atoms with Crippen LogP contribution >= 0.6 is 0 Å². The van der Waals surface area contributed by atoms with Gasteiger partial charge < -0.3 is 15.1 Å². The Balaban J connectivity index is 1.70. The summed E-state index contributed by atoms with van der Waals surface area (Å²) in [5, 5.41) is 6.08. The number of furan rings is 1. The number of halogens is 1. The number of fused-ring (bicyclic) bond motifs is 1. The van der Waals surface area contributed by atoms with Crippen LogP contribution < -0.4 is 10.6 Å². The second-order valence-electron chi connectivity index (χ2n) is 6.48. The molecule has 2 aromatic carbocycles. The van der Waals surface area contributed by atoms with Crippen molar-refractivity contribution in [2.75, 3.05) is 11.1 Å². The Morgan fingerprint density at radius 1 is 1.18 bits per heavy atom. The minimum Gasteiger partial charge on any atom is -0.459 e. The molecule has 0 aliphatic rings. The molecule has 0 bridgehead atoms. The largest absolute Gasteiger partial charge is 0.459 e. The minimum atomic E-state index is -3.29. The number of urea groups is 1. The molecule has 3 rings (SSSR count). The van der Waals surface area contributed by atoms with Crippen molar-refractivity contribution >= 4 is 32.5 Å². The molecule has 2 amide bonds. The molecule has 0 saturated heterocycles. The zero-order chi connectivity index (χ0) is 20.5. The van der Waals surface area contributed by atoms with Gasteiger partial charge in [0.05, 0.1) is 16.7 Å². The van der Waals surface area contributed by atoms with Crippen molar-refractivity contribution in [3.05, 3.63) is 59.6 Å². The molecule has 3 aromatic rings. The third-order valence-electron chi connectivity index (χ3n) is 4.53. The number of nitrogens with one attached hydrogen (secondary N) is 2. The summed E-state index contributed by atoms with van der Waals surface area (Å²) in [7, 11) is -3.29. The molecule has 0 radical (unpaired) electrons. The van der Waals surface area contributed by atoms with Gasteiger partial charge in [-0.2, -0.15) is 0 Å². The number of rotatable bonds is 5. The molecular formula is C20H21FN2O4S. The zero-order valence-electron chi connectivity index (χ0n) is 15.7. The summed E-state index contributed by atoms with van der Waals surface area (Å²) < 4.78 is 42.9. The van der Waals surface area contributed by atoms with E-state index in [1.807, 2.05) is 6.92 Å². The van der Waals surface area contributed by atoms with Gasteiger partial charge in [0.25, 0.3) is 0 Å². The van der Waals surface area contributed by atoms with Gasteiger partial charge in [0, 0.05) is 16.6 Å². The number of sulfone groups is 1. The summed E-state index contributed by atoms with van der Waals surface area (Å²) in [6.45, 7) is 5.14. The van der Waals surface area contributed by atoms with Crippen molar-refractivity contribution in [1.29, 1.82) is 0 Å². The number of hydrogen-bond acceptors (Lipinski definition) is 4. The fourth-order valence-electron chi connectivity index (χ4n) is 2.97. The lowest BCUT2D eigenvalue weighted by molar-refractivity contribution is 0.248. The van der Waals surface area contributed by atoms with Crippen LogP contribution in [0.15, 0.2) is 51.8 Å². The Hall–Kier alpha value is -2.87. The summed E-state index contributed by atoms with van der Waals surface area (Å²) >= 11 is 0. The van der Waals surface area contributed by atoms with Gasteiger partial charge in [-0.05, 0) is 56.3 Å². The first-order valence-electron chi connectivity index (χ1n) is 8.80. The van der Waals surface area contributed by atoms with Crippen LogP contribution in [-0.2, 0) is 9.84 Å². The number of hydrogen-bond donors (Lipinski definition) is 2. The maximum Gasteiger partial charge on any atom is 0.319 e. The van der Waals surface area contributed by atoms with Crippen molar-refractivity contribution in [1.82, 2.24) is 5.32 Å². The summed E-state index contributed by atoms with van der Waals surface area (Å²) in [6.07, 6.45) is 0. The Morgan fingerprint density at radius 2 is 1.86 bits per heavy atom. The molecule has 0 fully saturated rings. The quantitative estimate of drug-likeness (QED) is 0.653. The first-order chi connectivity index (χ1) is 13.2. The van der Waals surface area contributed by atoms with Gasteiger partial charge >= 0.3 is 6.03 Å². The van der Waals surface area contributed by atoms with E-state index in [9.17, 15) is 17.6 Å². The molecule has 0 saturated carbocycles. The van der Waals surface area contributed by atoms with E-state index in [-0.39, 0.29) is 16.5 Å². The minimum absolute atomic E-state index is 0.0124. The number of benzene rings is 2. The lowest BCUT2D eigenvalue weighted by atomic mass is 10.1. The van der Waals surface area contributed by atoms with Gasteiger partial charge in [-0.25, -0.2) is 17.6 Å². The van der Waals surface area contributed by atoms with Crippen molar-refractivity contribution in [2.45, 2.75) is 31.7 Å². The summed E-state index contributed by atoms with van der Waals surface area (Å²) in [5.41, 5.74) is 1.77. The third kappa shape index (κ3) is 4.01. The third-order valence-corrected chi connectivity index (χ3v) is 6.28. The Labute approximate surface area is 162 Å². The number of carbonyl (C=O) groups excluding carboxylic acids is 1. The Morgan fingerprint density at radius 3 is 2.50 bits per heavy atom. The van der Waals surface area contributed by atoms with Crippen LogP contribution in [0.2, 0.25) is 0 Å². The maximum absolute atomic E-state index is 13.4. The summed E-state index contributed by atoms with van der Waals surface area (Å²) in [6, 6.07) is 9.33. The molecule has 0 aliphatic heterocycles. The summed E-state index contributed by atoms with van der Waals surface area (Å²) in [4.78, 5) is 12.5. The number of aryl methyl sites for hydroxylation is 1. The fraction of sp³-hybridized carbons (Fsp3) is 0.250. The number of anilines is 1. The van der Waals surface area contributed by atoms with Crippen LogP contribution in [0.5, 0.6) is 0 Å². The van der Waals surface area contributed by atoms with Crippen molar-refractivity contribution < 1.29 is 22.0 Å². The van der Waals surface area contributed by atoms with Gasteiger partial charge in [0.1, 0.15) is 17.2 Å². The number of amides is 2. The fourth-order valence-corrected chi connectivity index (χ4v) is 3.85. The highest BCUT2D eigenvalue weighted by atomic mass is 32.2. The molecular weight excluding hydrogens is 383 g/mol. The smallest absolute Gasteiger partial charge is 0.319 e. The van der Waals surface area contributed by atoms with Gasteiger partial charge in [0.2, 0.25) is 0 Å². The molecule has 1 atom stereocenters. The SMILES string of the molecule is CCS(=O)(=O)c1ccc(NC(=O)N[C@@H](C)c2oc3ccc(F)cc3c2C)cc1. The molecule has 0 aliphatic carbocycles. The van der Waals surface area contributed by atoms with Crippen molar-refractivity contribution in [3.63, 3.8) is 0 Å². The standard InChI is InChI=1S/C20H21FN2O4S/c1-4-28(25,26)16-8-6-15(7-9-16)23-20(24)22-13(3)19-12(2)17-11-14(21)5-10-18(17)27-19/h5-11,13H,4H2,1-3H3,(H2,22,23,24)/t13-/m0/s1. The predicted molar refractivity (Wildman–Crippen MR) is 106 cm³/mol. The first-order valence-corrected chi connectivity index (χ1v) is 10.5. The molecule has 0 spiro atoms. The molecule has 148 valence electrons. The lowest BCUT2D eigenvalue weighted by Gasteiger charge is -2.14. The zero-order valence-corrected chi connectivity index (χ0v) is 16.6. The molecule has 6 nitrogen and oxygen atoms in total. The van der Waals surface area contributed by atoms with Crippen molar-refractivity contribution in [3.8, 4) is 0 Å². The molecule has 1 aromatic heterocycles. The van der Waals surface area contributed by atoms with Crippen LogP contribution in [-0.4, -0.2) is 20.2 Å². The van der Waals surface area contributed by atoms with Gasteiger partial charge in [-0.3, -0.25) is 0 Å². The molecule has 2 N–H and O–H groups in total. The average Bonchev–Trinajstić information content (AvgIpc) is 2.98. The van der Waals surface area contributed by atoms with Crippen LogP contribution in [0, 0.1) is 12.7 Å². The van der Waals surface area contributed by atoms with E-state index >= 15 is 0 Å². The van der Waals surface area contributed by atoms with Gasteiger partial charge in [-0.1, -0.05) is 6.92 Å². The van der Waals surface area contributed by atoms with Crippen LogP contribution in [0.3, 0.4) is 0 Å². The van der Waals surface area contributed by atoms with Gasteiger partial charge in [0.15, 0.2) is 9.84 Å². The van der Waals surface area contributed by atoms with Crippen LogP contribution in [0.4, 0.5) is 14.9 Å². The van der Waals surface area contributed by atoms with E-state index in [0.29, 0.717) is 22.4 Å². The molecule has 1 heterocycles. The van der Waals surface area contributed by atoms with Gasteiger partial charge in [-0.15, -0.1) is 0 Å². The topological polar surface area (TPSA) is 88.4 Å². The van der Waals surface area contributed by atoms with E-state index in [2.05, 4.69) is 10.6 Å². The predicted octanol–water partition coefficient (Wildman–Crippen LogP) is 4.56. The van der Waals surface area contributed by atoms with E-state index in [0.717, 1.165) is 5.56 Å². The van der Waals surface area contributed by atoms with E-state index in [1.54, 1.807) is 19.9 Å². The highest BCUT2D eigenvalue weighted by Gasteiger charge is 2.19. The average molecular weight is 404 g/mol. The summed E-state index contributed by atoms with van der Waals surface area (Å²) in [5.74, 6) is 0.202. The van der Waals surface area contributed by atoms with E-state index in [4.69, 9.17) is 4.42 Å². The molecule has 8 heteroatoms. The molecule has 0 unspecified atom stereocenters. The highest BCUT2D eigenvalue weighted by molar-refractivity contribution is 7.91. The Kier molecular flexibility index (Phi) is 5.42. The van der Waals surface area contributed by atoms with Crippen LogP contribution in [0.25, 0.3) is 11.0 Å². The van der Waals surface area contributed by atoms with E-state index in [1.165, 1.54) is 36.4 Å². The second kappa shape index (κ2) is 7.63. The van der Waals surface area contributed by atoms with Crippen molar-refractivity contribution in [2.24, 2.45) is 0 Å². The Bertz CT molecular complexity index is 1120. The first kappa shape index (κ1) is 19.9. The second-order valence-corrected chi connectivity index (χ2v) is 8.76. The number of carbonyl (C=O) groups is 1. The molecule has 28 heavy (non-hydrogen) atoms. The van der Waals surface area contributed by atoms with E-state index < -0.39 is 21.9 Å². The normalized spacial score (nSPS) is 12.7.